The number of hydrogen-bond acceptors (Lipinski definition) is 5. The zero-order valence-corrected chi connectivity index (χ0v) is 10.2. The van der Waals surface area contributed by atoms with Crippen molar-refractivity contribution in [1.82, 2.24) is 0 Å². The normalized spacial score (nSPS) is 18.0. The zero-order valence-electron chi connectivity index (χ0n) is 10.2. The molecule has 0 aromatic carbocycles. The second kappa shape index (κ2) is 4.53. The third-order valence-corrected chi connectivity index (χ3v) is 2.29. The summed E-state index contributed by atoms with van der Waals surface area (Å²) in [5.41, 5.74) is -0.828. The van der Waals surface area contributed by atoms with Gasteiger partial charge >= 0.3 is 11.9 Å². The molecule has 0 bridgehead atoms. The average molecular weight is 238 g/mol. The maximum atomic E-state index is 11.4. The number of esters is 2. The first-order valence-corrected chi connectivity index (χ1v) is 5.08. The number of ether oxygens (including phenoxy) is 2. The maximum absolute atomic E-state index is 11.4. The molecule has 0 atom stereocenters. The topological polar surface area (TPSA) is 69.7 Å². The summed E-state index contributed by atoms with van der Waals surface area (Å²) in [6.45, 7) is 5.88. The predicted octanol–water partition coefficient (Wildman–Crippen LogP) is 1.49. The van der Waals surface area contributed by atoms with E-state index in [4.69, 9.17) is 9.47 Å². The van der Waals surface area contributed by atoms with Crippen LogP contribution in [0.15, 0.2) is 23.7 Å². The highest BCUT2D eigenvalue weighted by atomic mass is 16.6. The van der Waals surface area contributed by atoms with Gasteiger partial charge < -0.3 is 9.47 Å². The van der Waals surface area contributed by atoms with Crippen LogP contribution < -0.4 is 0 Å². The number of rotatable bonds is 2. The molecule has 1 aliphatic rings. The van der Waals surface area contributed by atoms with E-state index in [1.165, 1.54) is 26.0 Å². The Labute approximate surface area is 99.1 Å². The standard InChI is InChI=1S/C12H14O5/c1-7(13)16-10-5-9(15)6-11(12(10,3)4)17-8(2)14/h5-6H,1-4H3. The molecule has 0 amide bonds. The molecule has 1 aliphatic carbocycles. The lowest BCUT2D eigenvalue weighted by molar-refractivity contribution is -0.140. The molecule has 1 rings (SSSR count). The Morgan fingerprint density at radius 3 is 1.65 bits per heavy atom. The molecule has 0 N–H and O–H groups in total. The third kappa shape index (κ3) is 3.03. The van der Waals surface area contributed by atoms with Crippen molar-refractivity contribution >= 4 is 17.7 Å². The van der Waals surface area contributed by atoms with E-state index in [9.17, 15) is 14.4 Å². The van der Waals surface area contributed by atoms with E-state index in [-0.39, 0.29) is 17.3 Å². The summed E-state index contributed by atoms with van der Waals surface area (Å²) in [5, 5.41) is 0. The molecule has 0 aliphatic heterocycles. The maximum Gasteiger partial charge on any atom is 0.307 e. The van der Waals surface area contributed by atoms with Crippen molar-refractivity contribution < 1.29 is 23.9 Å². The van der Waals surface area contributed by atoms with Crippen LogP contribution in [0.5, 0.6) is 0 Å². The van der Waals surface area contributed by atoms with Gasteiger partial charge in [-0.05, 0) is 13.8 Å². The Morgan fingerprint density at radius 1 is 1.00 bits per heavy atom. The summed E-state index contributed by atoms with van der Waals surface area (Å²) in [7, 11) is 0. The first-order valence-electron chi connectivity index (χ1n) is 5.08. The number of carbonyl (C=O) groups excluding carboxylic acids is 3. The van der Waals surface area contributed by atoms with Gasteiger partial charge in [0, 0.05) is 26.0 Å². The van der Waals surface area contributed by atoms with Crippen LogP contribution in [0.3, 0.4) is 0 Å². The van der Waals surface area contributed by atoms with Crippen molar-refractivity contribution in [1.29, 1.82) is 0 Å². The van der Waals surface area contributed by atoms with Crippen LogP contribution in [-0.2, 0) is 23.9 Å². The van der Waals surface area contributed by atoms with Gasteiger partial charge in [-0.25, -0.2) is 0 Å². The highest BCUT2D eigenvalue weighted by Gasteiger charge is 2.37. The first kappa shape index (κ1) is 13.2. The Kier molecular flexibility index (Phi) is 3.50. The SMILES string of the molecule is CC(=O)OC1=CC(=O)C=C(OC(C)=O)C1(C)C. The third-order valence-electron chi connectivity index (χ3n) is 2.29. The number of carbonyl (C=O) groups is 3. The molecule has 5 nitrogen and oxygen atoms in total. The smallest absolute Gasteiger partial charge is 0.307 e. The molecule has 0 unspecified atom stereocenters. The second-order valence-corrected chi connectivity index (χ2v) is 4.23. The molecule has 0 aromatic heterocycles. The molecule has 0 fully saturated rings. The molecule has 0 saturated carbocycles. The molecular weight excluding hydrogens is 224 g/mol. The fourth-order valence-corrected chi connectivity index (χ4v) is 1.41. The number of ketones is 1. The Hall–Kier alpha value is -1.91. The molecule has 92 valence electrons. The van der Waals surface area contributed by atoms with Crippen molar-refractivity contribution in [2.45, 2.75) is 27.7 Å². The Bertz CT molecular complexity index is 402. The van der Waals surface area contributed by atoms with Gasteiger partial charge in [0.05, 0.1) is 5.41 Å². The van der Waals surface area contributed by atoms with Gasteiger partial charge in [-0.1, -0.05) is 0 Å². The molecule has 0 radical (unpaired) electrons. The van der Waals surface area contributed by atoms with Gasteiger partial charge in [0.15, 0.2) is 5.78 Å². The highest BCUT2D eigenvalue weighted by Crippen LogP contribution is 2.38. The minimum absolute atomic E-state index is 0.175. The van der Waals surface area contributed by atoms with Gasteiger partial charge in [0.25, 0.3) is 0 Å². The van der Waals surface area contributed by atoms with E-state index in [0.29, 0.717) is 0 Å². The molecule has 5 heteroatoms. The lowest BCUT2D eigenvalue weighted by Crippen LogP contribution is -2.28. The van der Waals surface area contributed by atoms with E-state index in [0.717, 1.165) is 0 Å². The van der Waals surface area contributed by atoms with E-state index >= 15 is 0 Å². The highest BCUT2D eigenvalue weighted by molar-refractivity contribution is 6.01. The van der Waals surface area contributed by atoms with Crippen LogP contribution in [0.4, 0.5) is 0 Å². The fraction of sp³-hybridized carbons (Fsp3) is 0.417. The van der Waals surface area contributed by atoms with E-state index < -0.39 is 17.4 Å². The minimum atomic E-state index is -0.828. The number of allylic oxidation sites excluding steroid dienone is 2. The van der Waals surface area contributed by atoms with Gasteiger partial charge in [-0.2, -0.15) is 0 Å². The number of hydrogen-bond donors (Lipinski definition) is 0. The van der Waals surface area contributed by atoms with Crippen LogP contribution in [0.25, 0.3) is 0 Å². The van der Waals surface area contributed by atoms with Crippen LogP contribution in [0.1, 0.15) is 27.7 Å². The van der Waals surface area contributed by atoms with E-state index in [1.54, 1.807) is 13.8 Å². The van der Waals surface area contributed by atoms with Gasteiger partial charge in [-0.3, -0.25) is 14.4 Å². The van der Waals surface area contributed by atoms with Crippen molar-refractivity contribution in [3.63, 3.8) is 0 Å². The Morgan fingerprint density at radius 2 is 1.35 bits per heavy atom. The lowest BCUT2D eigenvalue weighted by Gasteiger charge is -2.30. The minimum Gasteiger partial charge on any atom is -0.430 e. The van der Waals surface area contributed by atoms with Gasteiger partial charge in [-0.15, -0.1) is 0 Å². The van der Waals surface area contributed by atoms with Crippen molar-refractivity contribution in [3.8, 4) is 0 Å². The van der Waals surface area contributed by atoms with Gasteiger partial charge in [0.2, 0.25) is 0 Å². The predicted molar refractivity (Wildman–Crippen MR) is 58.5 cm³/mol. The summed E-state index contributed by atoms with van der Waals surface area (Å²) >= 11 is 0. The van der Waals surface area contributed by atoms with Crippen molar-refractivity contribution in [3.05, 3.63) is 23.7 Å². The lowest BCUT2D eigenvalue weighted by atomic mass is 9.84. The summed E-state index contributed by atoms with van der Waals surface area (Å²) in [6.07, 6.45) is 2.43. The average Bonchev–Trinajstić information content (AvgIpc) is 2.12. The largest absolute Gasteiger partial charge is 0.430 e. The van der Waals surface area contributed by atoms with Gasteiger partial charge in [0.1, 0.15) is 11.5 Å². The van der Waals surface area contributed by atoms with Crippen LogP contribution in [0, 0.1) is 5.41 Å². The van der Waals surface area contributed by atoms with Crippen LogP contribution in [-0.4, -0.2) is 17.7 Å². The van der Waals surface area contributed by atoms with Crippen LogP contribution in [0.2, 0.25) is 0 Å². The molecule has 17 heavy (non-hydrogen) atoms. The molecule has 0 aromatic rings. The summed E-state index contributed by atoms with van der Waals surface area (Å²) in [6, 6.07) is 0. The van der Waals surface area contributed by atoms with E-state index in [2.05, 4.69) is 0 Å². The summed E-state index contributed by atoms with van der Waals surface area (Å²) < 4.78 is 9.92. The monoisotopic (exact) mass is 238 g/mol. The summed E-state index contributed by atoms with van der Waals surface area (Å²) in [4.78, 5) is 33.3. The summed E-state index contributed by atoms with van der Waals surface area (Å²) in [5.74, 6) is -1.08. The van der Waals surface area contributed by atoms with Crippen molar-refractivity contribution in [2.24, 2.45) is 5.41 Å². The second-order valence-electron chi connectivity index (χ2n) is 4.23. The fourth-order valence-electron chi connectivity index (χ4n) is 1.41. The molecule has 0 spiro atoms. The zero-order chi connectivity index (χ0) is 13.2. The molecule has 0 saturated heterocycles. The van der Waals surface area contributed by atoms with Crippen LogP contribution >= 0.6 is 0 Å². The molecule has 0 heterocycles. The van der Waals surface area contributed by atoms with Crippen molar-refractivity contribution in [2.75, 3.05) is 0 Å². The Balaban J connectivity index is 3.07. The van der Waals surface area contributed by atoms with E-state index in [1.807, 2.05) is 0 Å². The molecular formula is C12H14O5. The first-order chi connectivity index (χ1) is 7.73. The quantitative estimate of drug-likeness (QED) is 0.681.